The van der Waals surface area contributed by atoms with Crippen LogP contribution in [-0.2, 0) is 9.53 Å². The molecule has 0 amide bonds. The van der Waals surface area contributed by atoms with Crippen molar-refractivity contribution in [3.05, 3.63) is 37.1 Å². The summed E-state index contributed by atoms with van der Waals surface area (Å²) < 4.78 is 4.68. The van der Waals surface area contributed by atoms with E-state index < -0.39 is 5.97 Å². The molecule has 0 aliphatic heterocycles. The highest BCUT2D eigenvalue weighted by Gasteiger charge is 1.95. The number of hydrogen-bond donors (Lipinski definition) is 1. The fourth-order valence-corrected chi connectivity index (χ4v) is 0.378. The Balaban J connectivity index is 3.61. The Morgan fingerprint density at radius 2 is 2.27 bits per heavy atom. The molecule has 0 fully saturated rings. The van der Waals surface area contributed by atoms with Gasteiger partial charge < -0.3 is 9.84 Å². The Labute approximate surface area is 65.3 Å². The third-order valence-corrected chi connectivity index (χ3v) is 0.799. The molecule has 0 heterocycles. The van der Waals surface area contributed by atoms with Crippen LogP contribution in [-0.4, -0.2) is 17.7 Å². The van der Waals surface area contributed by atoms with Gasteiger partial charge in [0.05, 0.1) is 0 Å². The van der Waals surface area contributed by atoms with Crippen molar-refractivity contribution in [3.63, 3.8) is 0 Å². The third kappa shape index (κ3) is 6.37. The van der Waals surface area contributed by atoms with Crippen LogP contribution in [0.2, 0.25) is 0 Å². The number of ether oxygens (including phenoxy) is 1. The molecule has 0 bridgehead atoms. The van der Waals surface area contributed by atoms with Gasteiger partial charge in [-0.15, -0.1) is 0 Å². The van der Waals surface area contributed by atoms with E-state index in [1.165, 1.54) is 6.08 Å². The molecule has 0 saturated heterocycles. The Bertz CT molecular complexity index is 192. The van der Waals surface area contributed by atoms with Crippen LogP contribution >= 0.6 is 0 Å². The van der Waals surface area contributed by atoms with Gasteiger partial charge >= 0.3 is 5.97 Å². The molecule has 0 aliphatic carbocycles. The minimum Gasteiger partial charge on any atom is -0.483 e. The van der Waals surface area contributed by atoms with Crippen molar-refractivity contribution >= 4 is 5.97 Å². The first-order valence-corrected chi connectivity index (χ1v) is 2.99. The average Bonchev–Trinajstić information content (AvgIpc) is 1.97. The summed E-state index contributed by atoms with van der Waals surface area (Å²) in [6.45, 7) is 6.51. The van der Waals surface area contributed by atoms with Crippen LogP contribution in [0.3, 0.4) is 0 Å². The molecule has 0 atom stereocenters. The van der Waals surface area contributed by atoms with E-state index in [4.69, 9.17) is 5.11 Å². The van der Waals surface area contributed by atoms with Crippen LogP contribution in [0.25, 0.3) is 0 Å². The maximum atomic E-state index is 9.97. The number of aliphatic carboxylic acids is 1. The maximum absolute atomic E-state index is 9.97. The Morgan fingerprint density at radius 3 is 2.73 bits per heavy atom. The lowest BCUT2D eigenvalue weighted by atomic mass is 10.4. The van der Waals surface area contributed by atoms with Gasteiger partial charge in [0.25, 0.3) is 0 Å². The van der Waals surface area contributed by atoms with Crippen molar-refractivity contribution in [1.29, 1.82) is 0 Å². The maximum Gasteiger partial charge on any atom is 0.341 e. The lowest BCUT2D eigenvalue weighted by molar-refractivity contribution is -0.140. The molecule has 0 radical (unpaired) electrons. The summed E-state index contributed by atoms with van der Waals surface area (Å²) in [7, 11) is 0. The number of hydrogen-bond acceptors (Lipinski definition) is 2. The lowest BCUT2D eigenvalue weighted by Crippen LogP contribution is -2.05. The number of carboxylic acid groups (broad SMARTS) is 1. The van der Waals surface area contributed by atoms with E-state index in [-0.39, 0.29) is 6.61 Å². The first-order valence-electron chi connectivity index (χ1n) is 2.99. The van der Waals surface area contributed by atoms with Gasteiger partial charge in [-0.25, -0.2) is 4.79 Å². The predicted octanol–water partition coefficient (Wildman–Crippen LogP) is 1.34. The number of rotatable bonds is 5. The van der Waals surface area contributed by atoms with E-state index in [9.17, 15) is 4.79 Å². The first kappa shape index (κ1) is 9.49. The highest BCUT2D eigenvalue weighted by molar-refractivity contribution is 5.68. The summed E-state index contributed by atoms with van der Waals surface area (Å²) in [5.41, 5.74) is 0. The second kappa shape index (κ2) is 5.29. The minimum atomic E-state index is -1.02. The molecule has 0 aromatic rings. The quantitative estimate of drug-likeness (QED) is 0.480. The van der Waals surface area contributed by atoms with Crippen LogP contribution in [0, 0.1) is 0 Å². The monoisotopic (exact) mass is 154 g/mol. The molecule has 0 spiro atoms. The van der Waals surface area contributed by atoms with Crippen molar-refractivity contribution in [2.45, 2.75) is 0 Å². The fraction of sp³-hybridized carbons (Fsp3) is 0.125. The SMILES string of the molecule is C=CC=CC(=C)OCC(=O)O. The van der Waals surface area contributed by atoms with Crippen molar-refractivity contribution in [2.24, 2.45) is 0 Å². The molecule has 11 heavy (non-hydrogen) atoms. The molecule has 0 saturated carbocycles. The van der Waals surface area contributed by atoms with Crippen LogP contribution < -0.4 is 0 Å². The predicted molar refractivity (Wildman–Crippen MR) is 42.1 cm³/mol. The van der Waals surface area contributed by atoms with E-state index in [1.807, 2.05) is 0 Å². The molecular weight excluding hydrogens is 144 g/mol. The van der Waals surface area contributed by atoms with Crippen LogP contribution in [0.1, 0.15) is 0 Å². The van der Waals surface area contributed by atoms with Crippen molar-refractivity contribution in [2.75, 3.05) is 6.61 Å². The summed E-state index contributed by atoms with van der Waals surface area (Å²) >= 11 is 0. The molecule has 0 aromatic heterocycles. The third-order valence-electron chi connectivity index (χ3n) is 0.799. The van der Waals surface area contributed by atoms with Crippen LogP contribution in [0.4, 0.5) is 0 Å². The second-order valence-electron chi connectivity index (χ2n) is 1.74. The van der Waals surface area contributed by atoms with Gasteiger partial charge in [0.2, 0.25) is 0 Å². The van der Waals surface area contributed by atoms with Crippen molar-refractivity contribution in [3.8, 4) is 0 Å². The Hall–Kier alpha value is -1.51. The normalized spacial score (nSPS) is 9.45. The van der Waals surface area contributed by atoms with Gasteiger partial charge in [-0.05, 0) is 6.08 Å². The van der Waals surface area contributed by atoms with E-state index in [0.717, 1.165) is 0 Å². The molecule has 0 unspecified atom stereocenters. The summed E-state index contributed by atoms with van der Waals surface area (Å²) in [6.07, 6.45) is 4.70. The summed E-state index contributed by atoms with van der Waals surface area (Å²) in [5.74, 6) is -0.703. The van der Waals surface area contributed by atoms with Gasteiger partial charge in [-0.3, -0.25) is 0 Å². The Kier molecular flexibility index (Phi) is 4.56. The zero-order valence-electron chi connectivity index (χ0n) is 6.12. The highest BCUT2D eigenvalue weighted by atomic mass is 16.5. The van der Waals surface area contributed by atoms with Crippen molar-refractivity contribution < 1.29 is 14.6 Å². The van der Waals surface area contributed by atoms with E-state index >= 15 is 0 Å². The average molecular weight is 154 g/mol. The standard InChI is InChI=1S/C8H10O3/c1-3-4-5-7(2)11-6-8(9)10/h3-5H,1-2,6H2,(H,9,10). The van der Waals surface area contributed by atoms with Gasteiger partial charge in [0, 0.05) is 0 Å². The van der Waals surface area contributed by atoms with E-state index in [1.54, 1.807) is 12.2 Å². The molecule has 3 heteroatoms. The molecular formula is C8H10O3. The smallest absolute Gasteiger partial charge is 0.341 e. The zero-order chi connectivity index (χ0) is 8.69. The molecule has 0 aliphatic rings. The molecule has 0 aromatic carbocycles. The molecule has 60 valence electrons. The highest BCUT2D eigenvalue weighted by Crippen LogP contribution is 1.94. The summed E-state index contributed by atoms with van der Waals surface area (Å²) in [6, 6.07) is 0. The number of carboxylic acids is 1. The van der Waals surface area contributed by atoms with E-state index in [0.29, 0.717) is 5.76 Å². The second-order valence-corrected chi connectivity index (χ2v) is 1.74. The Morgan fingerprint density at radius 1 is 1.64 bits per heavy atom. The lowest BCUT2D eigenvalue weighted by Gasteiger charge is -1.99. The van der Waals surface area contributed by atoms with Gasteiger partial charge in [0.15, 0.2) is 6.61 Å². The van der Waals surface area contributed by atoms with Crippen LogP contribution in [0.15, 0.2) is 37.1 Å². The van der Waals surface area contributed by atoms with Crippen LogP contribution in [0.5, 0.6) is 0 Å². The zero-order valence-corrected chi connectivity index (χ0v) is 6.12. The summed E-state index contributed by atoms with van der Waals surface area (Å²) in [5, 5.41) is 8.18. The molecule has 1 N–H and O–H groups in total. The van der Waals surface area contributed by atoms with Gasteiger partial charge in [0.1, 0.15) is 5.76 Å². The minimum absolute atomic E-state index is 0.312. The molecule has 3 nitrogen and oxygen atoms in total. The number of carbonyl (C=O) groups is 1. The van der Waals surface area contributed by atoms with E-state index in [2.05, 4.69) is 17.9 Å². The fourth-order valence-electron chi connectivity index (χ4n) is 0.378. The topological polar surface area (TPSA) is 46.5 Å². The van der Waals surface area contributed by atoms with Gasteiger partial charge in [-0.1, -0.05) is 25.3 Å². The largest absolute Gasteiger partial charge is 0.483 e. The first-order chi connectivity index (χ1) is 5.16. The van der Waals surface area contributed by atoms with Gasteiger partial charge in [-0.2, -0.15) is 0 Å². The molecule has 0 rings (SSSR count). The summed E-state index contributed by atoms with van der Waals surface area (Å²) in [4.78, 5) is 9.97. The number of allylic oxidation sites excluding steroid dienone is 3. The van der Waals surface area contributed by atoms with Crippen molar-refractivity contribution in [1.82, 2.24) is 0 Å².